The van der Waals surface area contributed by atoms with E-state index in [4.69, 9.17) is 9.47 Å². The Hall–Kier alpha value is -1.95. The maximum absolute atomic E-state index is 12.3. The number of hydrogen-bond donors (Lipinski definition) is 0. The molecule has 2 rings (SSSR count). The van der Waals surface area contributed by atoms with Crippen LogP contribution in [0.2, 0.25) is 0 Å². The monoisotopic (exact) mass is 336 g/mol. The van der Waals surface area contributed by atoms with E-state index in [1.165, 1.54) is 20.5 Å². The minimum Gasteiger partial charge on any atom is -0.496 e. The molecule has 0 amide bonds. The Morgan fingerprint density at radius 2 is 2.00 bits per heavy atom. The molecule has 104 valence electrons. The Morgan fingerprint density at radius 1 is 1.20 bits per heavy atom. The van der Waals surface area contributed by atoms with Gasteiger partial charge in [-0.25, -0.2) is 9.97 Å². The maximum Gasteiger partial charge on any atom is 0.216 e. The first-order valence-corrected chi connectivity index (χ1v) is 6.65. The van der Waals surface area contributed by atoms with Crippen LogP contribution in [0.1, 0.15) is 16.1 Å². The van der Waals surface area contributed by atoms with E-state index in [-0.39, 0.29) is 12.2 Å². The third-order valence-corrected chi connectivity index (χ3v) is 3.21. The van der Waals surface area contributed by atoms with Gasteiger partial charge in [-0.1, -0.05) is 15.9 Å². The lowest BCUT2D eigenvalue weighted by atomic mass is 10.1. The molecule has 5 nitrogen and oxygen atoms in total. The Morgan fingerprint density at radius 3 is 2.70 bits per heavy atom. The second-order valence-electron chi connectivity index (χ2n) is 4.00. The van der Waals surface area contributed by atoms with Gasteiger partial charge in [-0.05, 0) is 18.2 Å². The number of aromatic nitrogens is 2. The van der Waals surface area contributed by atoms with Gasteiger partial charge in [-0.15, -0.1) is 0 Å². The summed E-state index contributed by atoms with van der Waals surface area (Å²) >= 11 is 3.34. The van der Waals surface area contributed by atoms with Crippen LogP contribution in [-0.2, 0) is 6.42 Å². The summed E-state index contributed by atoms with van der Waals surface area (Å²) in [4.78, 5) is 20.3. The highest BCUT2D eigenvalue weighted by Crippen LogP contribution is 2.24. The van der Waals surface area contributed by atoms with Gasteiger partial charge in [0.25, 0.3) is 0 Å². The third-order valence-electron chi connectivity index (χ3n) is 2.71. The largest absolute Gasteiger partial charge is 0.496 e. The quantitative estimate of drug-likeness (QED) is 0.785. The standard InChI is InChI=1S/C14H13BrN2O3/c1-19-13-5-9(15)3-4-11(13)12(18)6-10-7-14(20-2)17-8-16-10/h3-5,7-8H,6H2,1-2H3. The van der Waals surface area contributed by atoms with Crippen molar-refractivity contribution in [1.29, 1.82) is 0 Å². The topological polar surface area (TPSA) is 61.3 Å². The van der Waals surface area contributed by atoms with E-state index < -0.39 is 0 Å². The molecule has 1 heterocycles. The molecular weight excluding hydrogens is 324 g/mol. The highest BCUT2D eigenvalue weighted by molar-refractivity contribution is 9.10. The van der Waals surface area contributed by atoms with Gasteiger partial charge in [0, 0.05) is 10.5 Å². The Bertz CT molecular complexity index is 632. The van der Waals surface area contributed by atoms with E-state index in [1.807, 2.05) is 0 Å². The van der Waals surface area contributed by atoms with Gasteiger partial charge in [0.15, 0.2) is 5.78 Å². The number of carbonyl (C=O) groups excluding carboxylic acids is 1. The molecule has 0 atom stereocenters. The highest BCUT2D eigenvalue weighted by Gasteiger charge is 2.14. The van der Waals surface area contributed by atoms with Crippen molar-refractivity contribution in [2.24, 2.45) is 0 Å². The molecule has 0 spiro atoms. The predicted molar refractivity (Wildman–Crippen MR) is 77.3 cm³/mol. The fourth-order valence-corrected chi connectivity index (χ4v) is 2.08. The summed E-state index contributed by atoms with van der Waals surface area (Å²) in [6.07, 6.45) is 1.54. The summed E-state index contributed by atoms with van der Waals surface area (Å²) in [6.45, 7) is 0. The molecule has 6 heteroatoms. The lowest BCUT2D eigenvalue weighted by molar-refractivity contribution is 0.0989. The number of halogens is 1. The van der Waals surface area contributed by atoms with E-state index in [0.29, 0.717) is 22.9 Å². The lowest BCUT2D eigenvalue weighted by Crippen LogP contribution is -2.07. The van der Waals surface area contributed by atoms with Gasteiger partial charge in [0.05, 0.1) is 31.9 Å². The summed E-state index contributed by atoms with van der Waals surface area (Å²) in [5.41, 5.74) is 1.13. The summed E-state index contributed by atoms with van der Waals surface area (Å²) in [6, 6.07) is 6.93. The summed E-state index contributed by atoms with van der Waals surface area (Å²) < 4.78 is 11.1. The van der Waals surface area contributed by atoms with Crippen LogP contribution in [0.5, 0.6) is 11.6 Å². The molecule has 1 aromatic heterocycles. The van der Waals surface area contributed by atoms with Crippen LogP contribution in [0.15, 0.2) is 35.1 Å². The number of rotatable bonds is 5. The van der Waals surface area contributed by atoms with Gasteiger partial charge in [0.2, 0.25) is 5.88 Å². The molecule has 1 aromatic carbocycles. The fraction of sp³-hybridized carbons (Fsp3) is 0.214. The van der Waals surface area contributed by atoms with Gasteiger partial charge in [-0.2, -0.15) is 0 Å². The van der Waals surface area contributed by atoms with E-state index in [1.54, 1.807) is 24.3 Å². The molecule has 0 radical (unpaired) electrons. The van der Waals surface area contributed by atoms with Crippen molar-refractivity contribution in [2.45, 2.75) is 6.42 Å². The molecule has 0 N–H and O–H groups in total. The second-order valence-corrected chi connectivity index (χ2v) is 4.91. The average molecular weight is 337 g/mol. The minimum atomic E-state index is -0.0740. The predicted octanol–water partition coefficient (Wildman–Crippen LogP) is 2.68. The number of nitrogens with zero attached hydrogens (tertiary/aromatic N) is 2. The maximum atomic E-state index is 12.3. The van der Waals surface area contributed by atoms with E-state index in [2.05, 4.69) is 25.9 Å². The zero-order chi connectivity index (χ0) is 14.5. The minimum absolute atomic E-state index is 0.0740. The van der Waals surface area contributed by atoms with E-state index >= 15 is 0 Å². The first-order valence-electron chi connectivity index (χ1n) is 5.85. The van der Waals surface area contributed by atoms with Crippen molar-refractivity contribution in [3.8, 4) is 11.6 Å². The third kappa shape index (κ3) is 3.33. The average Bonchev–Trinajstić information content (AvgIpc) is 2.47. The molecule has 0 bridgehead atoms. The van der Waals surface area contributed by atoms with Crippen LogP contribution < -0.4 is 9.47 Å². The van der Waals surface area contributed by atoms with Gasteiger partial charge >= 0.3 is 0 Å². The van der Waals surface area contributed by atoms with Crippen LogP contribution in [0.3, 0.4) is 0 Å². The Balaban J connectivity index is 2.23. The van der Waals surface area contributed by atoms with Crippen molar-refractivity contribution >= 4 is 21.7 Å². The number of ketones is 1. The van der Waals surface area contributed by atoms with Crippen LogP contribution in [0.25, 0.3) is 0 Å². The number of methoxy groups -OCH3 is 2. The van der Waals surface area contributed by atoms with E-state index in [9.17, 15) is 4.79 Å². The molecule has 0 unspecified atom stereocenters. The summed E-state index contributed by atoms with van der Waals surface area (Å²) in [5, 5.41) is 0. The zero-order valence-electron chi connectivity index (χ0n) is 11.1. The van der Waals surface area contributed by atoms with Crippen LogP contribution in [-0.4, -0.2) is 30.0 Å². The number of carbonyl (C=O) groups is 1. The number of hydrogen-bond acceptors (Lipinski definition) is 5. The molecule has 2 aromatic rings. The smallest absolute Gasteiger partial charge is 0.216 e. The van der Waals surface area contributed by atoms with Crippen molar-refractivity contribution in [3.05, 3.63) is 46.3 Å². The van der Waals surface area contributed by atoms with Crippen LogP contribution in [0, 0.1) is 0 Å². The number of ether oxygens (including phenoxy) is 2. The molecule has 0 aliphatic carbocycles. The van der Waals surface area contributed by atoms with Crippen molar-refractivity contribution in [2.75, 3.05) is 14.2 Å². The Labute approximate surface area is 125 Å². The number of Topliss-reactive ketones (excluding diaryl/α,β-unsaturated/α-hetero) is 1. The molecule has 0 aliphatic heterocycles. The highest BCUT2D eigenvalue weighted by atomic mass is 79.9. The van der Waals surface area contributed by atoms with Crippen LogP contribution >= 0.6 is 15.9 Å². The van der Waals surface area contributed by atoms with Gasteiger partial charge in [0.1, 0.15) is 12.1 Å². The van der Waals surface area contributed by atoms with Crippen molar-refractivity contribution < 1.29 is 14.3 Å². The van der Waals surface area contributed by atoms with Crippen molar-refractivity contribution in [3.63, 3.8) is 0 Å². The first kappa shape index (κ1) is 14.5. The fourth-order valence-electron chi connectivity index (χ4n) is 1.74. The molecule has 0 aliphatic rings. The molecule has 0 saturated heterocycles. The van der Waals surface area contributed by atoms with Gasteiger partial charge in [-0.3, -0.25) is 4.79 Å². The Kier molecular flexibility index (Phi) is 4.68. The number of benzene rings is 1. The summed E-state index contributed by atoms with van der Waals surface area (Å²) in [5.74, 6) is 0.895. The lowest BCUT2D eigenvalue weighted by Gasteiger charge is -2.08. The second kappa shape index (κ2) is 6.47. The molecule has 0 saturated carbocycles. The molecule has 0 fully saturated rings. The van der Waals surface area contributed by atoms with E-state index in [0.717, 1.165) is 4.47 Å². The van der Waals surface area contributed by atoms with Crippen molar-refractivity contribution in [1.82, 2.24) is 9.97 Å². The summed E-state index contributed by atoms with van der Waals surface area (Å²) in [7, 11) is 3.05. The zero-order valence-corrected chi connectivity index (χ0v) is 12.7. The van der Waals surface area contributed by atoms with Gasteiger partial charge < -0.3 is 9.47 Å². The first-order chi connectivity index (χ1) is 9.63. The van der Waals surface area contributed by atoms with Crippen LogP contribution in [0.4, 0.5) is 0 Å². The molecular formula is C14H13BrN2O3. The molecule has 20 heavy (non-hydrogen) atoms. The SMILES string of the molecule is COc1cc(CC(=O)c2ccc(Br)cc2OC)ncn1. The normalized spacial score (nSPS) is 10.2.